The van der Waals surface area contributed by atoms with Gasteiger partial charge in [0.25, 0.3) is 0 Å². The zero-order chi connectivity index (χ0) is 22.6. The molecule has 1 saturated heterocycles. The number of carbonyl (C=O) groups is 1. The molecule has 1 atom stereocenters. The maximum Gasteiger partial charge on any atom is 0.325 e. The van der Waals surface area contributed by atoms with E-state index in [0.29, 0.717) is 6.54 Å². The molecule has 0 bridgehead atoms. The Balaban J connectivity index is 2.38. The number of hydrogen-bond acceptors (Lipinski definition) is 4. The van der Waals surface area contributed by atoms with Crippen LogP contribution >= 0.6 is 0 Å². The lowest BCUT2D eigenvalue weighted by atomic mass is 9.78. The summed E-state index contributed by atoms with van der Waals surface area (Å²) in [6, 6.07) is 10.1. The number of esters is 1. The lowest BCUT2D eigenvalue weighted by molar-refractivity contribution is -0.172. The molecule has 1 unspecified atom stereocenters. The van der Waals surface area contributed by atoms with E-state index < -0.39 is 5.60 Å². The van der Waals surface area contributed by atoms with Gasteiger partial charge >= 0.3 is 5.97 Å². The molecule has 1 aromatic rings. The lowest BCUT2D eigenvalue weighted by Crippen LogP contribution is -2.66. The molecule has 0 aromatic heterocycles. The van der Waals surface area contributed by atoms with Gasteiger partial charge in [-0.25, -0.2) is 0 Å². The highest BCUT2D eigenvalue weighted by Gasteiger charge is 2.48. The zero-order valence-corrected chi connectivity index (χ0v) is 20.2. The van der Waals surface area contributed by atoms with Crippen molar-refractivity contribution in [1.29, 1.82) is 0 Å². The fourth-order valence-corrected chi connectivity index (χ4v) is 4.96. The molecule has 0 saturated carbocycles. The van der Waals surface area contributed by atoms with E-state index in [1.807, 2.05) is 32.9 Å². The van der Waals surface area contributed by atoms with Crippen LogP contribution in [0.4, 0.5) is 0 Å². The molecule has 1 heterocycles. The van der Waals surface area contributed by atoms with Crippen molar-refractivity contribution in [1.82, 2.24) is 9.80 Å². The second kappa shape index (κ2) is 9.65. The number of rotatable bonds is 8. The molecule has 1 aliphatic heterocycles. The van der Waals surface area contributed by atoms with Crippen LogP contribution in [0.1, 0.15) is 73.3 Å². The van der Waals surface area contributed by atoms with Crippen molar-refractivity contribution in [3.8, 4) is 0 Å². The lowest BCUT2D eigenvalue weighted by Gasteiger charge is -2.56. The minimum atomic E-state index is -0.512. The third-order valence-corrected chi connectivity index (χ3v) is 5.94. The van der Waals surface area contributed by atoms with Crippen LogP contribution in [-0.2, 0) is 16.1 Å². The molecule has 1 fully saturated rings. The van der Waals surface area contributed by atoms with Crippen LogP contribution in [0.2, 0.25) is 0 Å². The summed E-state index contributed by atoms with van der Waals surface area (Å²) >= 11 is 0. The Morgan fingerprint density at radius 1 is 1.17 bits per heavy atom. The Bertz CT molecular complexity index is 687. The number of nitrogens with zero attached hydrogens (tertiary/aromatic N) is 2. The zero-order valence-electron chi connectivity index (χ0n) is 20.2. The molecule has 4 heteroatoms. The van der Waals surface area contributed by atoms with Gasteiger partial charge in [-0.05, 0) is 73.3 Å². The van der Waals surface area contributed by atoms with Gasteiger partial charge in [-0.15, -0.1) is 6.58 Å². The Morgan fingerprint density at radius 2 is 1.73 bits per heavy atom. The molecule has 168 valence electrons. The molecule has 0 N–H and O–H groups in total. The molecule has 2 rings (SSSR count). The van der Waals surface area contributed by atoms with Gasteiger partial charge in [-0.3, -0.25) is 14.6 Å². The molecule has 4 nitrogen and oxygen atoms in total. The number of hydrogen-bond donors (Lipinski definition) is 0. The summed E-state index contributed by atoms with van der Waals surface area (Å²) in [6.07, 6.45) is 5.26. The van der Waals surface area contributed by atoms with E-state index in [1.165, 1.54) is 12.0 Å². The van der Waals surface area contributed by atoms with Gasteiger partial charge in [-0.1, -0.05) is 36.4 Å². The maximum absolute atomic E-state index is 13.5. The van der Waals surface area contributed by atoms with Gasteiger partial charge in [0.05, 0.1) is 0 Å². The van der Waals surface area contributed by atoms with Crippen LogP contribution in [-0.4, -0.2) is 51.6 Å². The number of carbonyl (C=O) groups excluding carboxylic acids is 1. The SMILES string of the molecule is C=CCN(Cc1ccccc1)CC(C(=O)OC(C)(C)C)N1C(C)(C)CCCC1(C)C. The second-order valence-corrected chi connectivity index (χ2v) is 10.9. The molecule has 0 radical (unpaired) electrons. The average Bonchev–Trinajstić information content (AvgIpc) is 2.59. The normalized spacial score (nSPS) is 20.0. The van der Waals surface area contributed by atoms with Gasteiger partial charge in [0, 0.05) is 30.7 Å². The first-order valence-corrected chi connectivity index (χ1v) is 11.3. The fourth-order valence-electron chi connectivity index (χ4n) is 4.96. The third kappa shape index (κ3) is 6.68. The number of piperidine rings is 1. The first-order valence-electron chi connectivity index (χ1n) is 11.3. The van der Waals surface area contributed by atoms with Crippen molar-refractivity contribution < 1.29 is 9.53 Å². The maximum atomic E-state index is 13.5. The Morgan fingerprint density at radius 3 is 2.23 bits per heavy atom. The summed E-state index contributed by atoms with van der Waals surface area (Å²) in [6.45, 7) is 21.0. The minimum Gasteiger partial charge on any atom is -0.459 e. The molecular weight excluding hydrogens is 372 g/mol. The van der Waals surface area contributed by atoms with E-state index in [-0.39, 0.29) is 23.1 Å². The molecule has 1 aromatic carbocycles. The van der Waals surface area contributed by atoms with Crippen LogP contribution in [0.5, 0.6) is 0 Å². The van der Waals surface area contributed by atoms with E-state index in [4.69, 9.17) is 4.74 Å². The average molecular weight is 415 g/mol. The van der Waals surface area contributed by atoms with Gasteiger partial charge in [0.2, 0.25) is 0 Å². The summed E-state index contributed by atoms with van der Waals surface area (Å²) in [5.74, 6) is -0.132. The van der Waals surface area contributed by atoms with Crippen LogP contribution in [0.25, 0.3) is 0 Å². The van der Waals surface area contributed by atoms with Crippen LogP contribution < -0.4 is 0 Å². The number of benzene rings is 1. The van der Waals surface area contributed by atoms with Gasteiger partial charge < -0.3 is 4.74 Å². The van der Waals surface area contributed by atoms with Crippen molar-refractivity contribution >= 4 is 5.97 Å². The van der Waals surface area contributed by atoms with E-state index >= 15 is 0 Å². The summed E-state index contributed by atoms with van der Waals surface area (Å²) in [5, 5.41) is 0. The molecule has 0 amide bonds. The van der Waals surface area contributed by atoms with E-state index in [9.17, 15) is 4.79 Å². The van der Waals surface area contributed by atoms with Crippen LogP contribution in [0.3, 0.4) is 0 Å². The van der Waals surface area contributed by atoms with Crippen molar-refractivity contribution in [2.24, 2.45) is 0 Å². The van der Waals surface area contributed by atoms with E-state index in [1.54, 1.807) is 0 Å². The van der Waals surface area contributed by atoms with Crippen LogP contribution in [0, 0.1) is 0 Å². The summed E-state index contributed by atoms with van der Waals surface area (Å²) in [7, 11) is 0. The first-order chi connectivity index (χ1) is 13.9. The molecule has 0 spiro atoms. The monoisotopic (exact) mass is 414 g/mol. The third-order valence-electron chi connectivity index (χ3n) is 5.94. The first kappa shape index (κ1) is 24.6. The second-order valence-electron chi connectivity index (χ2n) is 10.9. The molecule has 0 aliphatic carbocycles. The highest BCUT2D eigenvalue weighted by atomic mass is 16.6. The Kier molecular flexibility index (Phi) is 7.92. The van der Waals surface area contributed by atoms with Gasteiger partial charge in [0.15, 0.2) is 0 Å². The Labute approximate surface area is 184 Å². The minimum absolute atomic E-state index is 0.0735. The topological polar surface area (TPSA) is 32.8 Å². The van der Waals surface area contributed by atoms with Crippen molar-refractivity contribution in [2.75, 3.05) is 13.1 Å². The van der Waals surface area contributed by atoms with Crippen LogP contribution in [0.15, 0.2) is 43.0 Å². The van der Waals surface area contributed by atoms with Gasteiger partial charge in [-0.2, -0.15) is 0 Å². The summed E-state index contributed by atoms with van der Waals surface area (Å²) < 4.78 is 5.94. The van der Waals surface area contributed by atoms with E-state index in [2.05, 4.69) is 68.3 Å². The highest BCUT2D eigenvalue weighted by molar-refractivity contribution is 5.77. The highest BCUT2D eigenvalue weighted by Crippen LogP contribution is 2.40. The summed E-state index contributed by atoms with van der Waals surface area (Å²) in [4.78, 5) is 18.2. The quantitative estimate of drug-likeness (QED) is 0.419. The van der Waals surface area contributed by atoms with E-state index in [0.717, 1.165) is 25.9 Å². The fraction of sp³-hybridized carbons (Fsp3) is 0.654. The Hall–Kier alpha value is -1.65. The smallest absolute Gasteiger partial charge is 0.325 e. The van der Waals surface area contributed by atoms with Crippen molar-refractivity contribution in [3.63, 3.8) is 0 Å². The summed E-state index contributed by atoms with van der Waals surface area (Å²) in [5.41, 5.74) is 0.577. The van der Waals surface area contributed by atoms with Gasteiger partial charge in [0.1, 0.15) is 11.6 Å². The van der Waals surface area contributed by atoms with Crippen molar-refractivity contribution in [2.45, 2.75) is 97.0 Å². The largest absolute Gasteiger partial charge is 0.459 e. The molecule has 1 aliphatic rings. The standard InChI is InChI=1S/C26H42N2O2/c1-9-18-27(19-21-14-11-10-12-15-21)20-22(23(29)30-24(2,3)4)28-25(5,6)16-13-17-26(28,7)8/h9-12,14-15,22H,1,13,16-20H2,2-8H3. The number of ether oxygens (including phenoxy) is 1. The predicted molar refractivity (Wildman–Crippen MR) is 125 cm³/mol. The van der Waals surface area contributed by atoms with Crippen molar-refractivity contribution in [3.05, 3.63) is 48.6 Å². The number of likely N-dealkylation sites (tertiary alicyclic amines) is 1. The molecular formula is C26H42N2O2. The molecule has 30 heavy (non-hydrogen) atoms. The predicted octanol–water partition coefficient (Wildman–Crippen LogP) is 5.43.